The molecule has 1 aromatic rings. The van der Waals surface area contributed by atoms with E-state index in [1.165, 1.54) is 18.5 Å². The molecule has 0 spiro atoms. The molecule has 0 fully saturated rings. The molecule has 6 heteroatoms. The highest BCUT2D eigenvalue weighted by atomic mass is 32.2. The van der Waals surface area contributed by atoms with Crippen molar-refractivity contribution >= 4 is 9.84 Å². The van der Waals surface area contributed by atoms with E-state index in [1.54, 1.807) is 6.92 Å². The molecule has 1 heterocycles. The van der Waals surface area contributed by atoms with Gasteiger partial charge in [-0.3, -0.25) is 4.98 Å². The van der Waals surface area contributed by atoms with Crippen LogP contribution in [0.2, 0.25) is 0 Å². The highest BCUT2D eigenvalue weighted by Gasteiger charge is 2.27. The fourth-order valence-electron chi connectivity index (χ4n) is 1.70. The van der Waals surface area contributed by atoms with Crippen LogP contribution in [0.15, 0.2) is 18.5 Å². The van der Waals surface area contributed by atoms with E-state index in [2.05, 4.69) is 10.3 Å². The number of rotatable bonds is 6. The van der Waals surface area contributed by atoms with Gasteiger partial charge >= 0.3 is 0 Å². The molecule has 0 aromatic carbocycles. The number of hydrogen-bond acceptors (Lipinski definition) is 4. The van der Waals surface area contributed by atoms with Crippen LogP contribution in [0.5, 0.6) is 0 Å². The molecule has 0 aliphatic heterocycles. The Morgan fingerprint density at radius 1 is 1.44 bits per heavy atom. The van der Waals surface area contributed by atoms with E-state index in [4.69, 9.17) is 0 Å². The number of sulfone groups is 1. The molecule has 102 valence electrons. The number of aromatic nitrogens is 1. The summed E-state index contributed by atoms with van der Waals surface area (Å²) in [6, 6.07) is 0.880. The summed E-state index contributed by atoms with van der Waals surface area (Å²) < 4.78 is 36.4. The van der Waals surface area contributed by atoms with Gasteiger partial charge in [-0.25, -0.2) is 12.8 Å². The Balaban J connectivity index is 3.05. The lowest BCUT2D eigenvalue weighted by atomic mass is 10.1. The number of nitrogens with zero attached hydrogens (tertiary/aromatic N) is 1. The van der Waals surface area contributed by atoms with Crippen LogP contribution in [-0.2, 0) is 9.84 Å². The van der Waals surface area contributed by atoms with Crippen molar-refractivity contribution in [1.82, 2.24) is 10.3 Å². The standard InChI is InChI=1S/C12H19FN2O2S/c1-4-5-15-12(9(2)18(3,16)17)10-6-11(13)8-14-7-10/h6-9,12,15H,4-5H2,1-3H3. The minimum atomic E-state index is -3.21. The van der Waals surface area contributed by atoms with Gasteiger partial charge in [0.2, 0.25) is 0 Å². The average molecular weight is 274 g/mol. The molecule has 1 rings (SSSR count). The fraction of sp³-hybridized carbons (Fsp3) is 0.583. The lowest BCUT2D eigenvalue weighted by molar-refractivity contribution is 0.495. The molecule has 4 nitrogen and oxygen atoms in total. The smallest absolute Gasteiger partial charge is 0.151 e. The molecule has 0 aliphatic rings. The molecule has 0 radical (unpaired) electrons. The molecule has 1 N–H and O–H groups in total. The highest BCUT2D eigenvalue weighted by Crippen LogP contribution is 2.21. The molecule has 0 amide bonds. The van der Waals surface area contributed by atoms with Crippen LogP contribution in [0.1, 0.15) is 31.9 Å². The minimum Gasteiger partial charge on any atom is -0.309 e. The maximum Gasteiger partial charge on any atom is 0.151 e. The second-order valence-corrected chi connectivity index (χ2v) is 6.81. The molecule has 0 saturated carbocycles. The van der Waals surface area contributed by atoms with Crippen molar-refractivity contribution < 1.29 is 12.8 Å². The maximum atomic E-state index is 13.2. The first-order chi connectivity index (χ1) is 8.36. The van der Waals surface area contributed by atoms with Crippen LogP contribution in [0, 0.1) is 5.82 Å². The largest absolute Gasteiger partial charge is 0.309 e. The Labute approximate surface area is 108 Å². The first-order valence-electron chi connectivity index (χ1n) is 5.89. The van der Waals surface area contributed by atoms with Gasteiger partial charge in [-0.2, -0.15) is 0 Å². The van der Waals surface area contributed by atoms with Gasteiger partial charge in [-0.15, -0.1) is 0 Å². The minimum absolute atomic E-state index is 0.442. The molecule has 0 aliphatic carbocycles. The van der Waals surface area contributed by atoms with E-state index in [9.17, 15) is 12.8 Å². The van der Waals surface area contributed by atoms with Gasteiger partial charge in [-0.1, -0.05) is 6.92 Å². The van der Waals surface area contributed by atoms with E-state index in [0.29, 0.717) is 12.1 Å². The van der Waals surface area contributed by atoms with Crippen molar-refractivity contribution in [2.24, 2.45) is 0 Å². The summed E-state index contributed by atoms with van der Waals surface area (Å²) in [4.78, 5) is 3.77. The van der Waals surface area contributed by atoms with Gasteiger partial charge in [0.15, 0.2) is 9.84 Å². The van der Waals surface area contributed by atoms with Gasteiger partial charge < -0.3 is 5.32 Å². The van der Waals surface area contributed by atoms with E-state index in [1.807, 2.05) is 6.92 Å². The third-order valence-electron chi connectivity index (χ3n) is 2.84. The van der Waals surface area contributed by atoms with E-state index in [0.717, 1.165) is 12.6 Å². The second-order valence-electron chi connectivity index (χ2n) is 4.40. The van der Waals surface area contributed by atoms with Gasteiger partial charge in [0, 0.05) is 12.5 Å². The summed E-state index contributed by atoms with van der Waals surface area (Å²) in [5.74, 6) is -0.462. The Morgan fingerprint density at radius 2 is 2.11 bits per heavy atom. The highest BCUT2D eigenvalue weighted by molar-refractivity contribution is 7.91. The molecular formula is C12H19FN2O2S. The number of nitrogens with one attached hydrogen (secondary N) is 1. The quantitative estimate of drug-likeness (QED) is 0.857. The molecule has 2 unspecified atom stereocenters. The molecule has 18 heavy (non-hydrogen) atoms. The van der Waals surface area contributed by atoms with Crippen LogP contribution in [0.4, 0.5) is 4.39 Å². The Morgan fingerprint density at radius 3 is 2.61 bits per heavy atom. The Hall–Kier alpha value is -1.01. The zero-order valence-corrected chi connectivity index (χ0v) is 11.7. The van der Waals surface area contributed by atoms with Crippen molar-refractivity contribution in [3.8, 4) is 0 Å². The first-order valence-corrected chi connectivity index (χ1v) is 7.84. The van der Waals surface area contributed by atoms with Crippen molar-refractivity contribution in [2.75, 3.05) is 12.8 Å². The summed E-state index contributed by atoms with van der Waals surface area (Å²) in [7, 11) is -3.21. The van der Waals surface area contributed by atoms with Crippen LogP contribution < -0.4 is 5.32 Å². The van der Waals surface area contributed by atoms with E-state index < -0.39 is 26.9 Å². The van der Waals surface area contributed by atoms with E-state index in [-0.39, 0.29) is 0 Å². The fourth-order valence-corrected chi connectivity index (χ4v) is 2.45. The summed E-state index contributed by atoms with van der Waals surface area (Å²) >= 11 is 0. The first kappa shape index (κ1) is 15.0. The maximum absolute atomic E-state index is 13.2. The second kappa shape index (κ2) is 6.24. The normalized spacial score (nSPS) is 15.3. The predicted octanol–water partition coefficient (Wildman–Crippen LogP) is 1.69. The van der Waals surface area contributed by atoms with E-state index >= 15 is 0 Å². The third kappa shape index (κ3) is 4.03. The molecular weight excluding hydrogens is 255 g/mol. The van der Waals surface area contributed by atoms with Gasteiger partial charge in [0.1, 0.15) is 5.82 Å². The van der Waals surface area contributed by atoms with Crippen molar-refractivity contribution in [3.05, 3.63) is 29.8 Å². The summed E-state index contributed by atoms with van der Waals surface area (Å²) in [5, 5.41) is 2.50. The van der Waals surface area contributed by atoms with Crippen LogP contribution in [-0.4, -0.2) is 31.5 Å². The summed E-state index contributed by atoms with van der Waals surface area (Å²) in [6.07, 6.45) is 4.66. The van der Waals surface area contributed by atoms with Gasteiger partial charge in [0.05, 0.1) is 17.5 Å². The summed E-state index contributed by atoms with van der Waals surface area (Å²) in [6.45, 7) is 4.27. The number of hydrogen-bond donors (Lipinski definition) is 1. The van der Waals surface area contributed by atoms with Crippen molar-refractivity contribution in [2.45, 2.75) is 31.6 Å². The Kier molecular flexibility index (Phi) is 5.22. The molecule has 0 saturated heterocycles. The molecule has 2 atom stereocenters. The topological polar surface area (TPSA) is 59.1 Å². The zero-order valence-electron chi connectivity index (χ0n) is 10.9. The third-order valence-corrected chi connectivity index (χ3v) is 4.47. The number of pyridine rings is 1. The van der Waals surface area contributed by atoms with Crippen molar-refractivity contribution in [1.29, 1.82) is 0 Å². The zero-order chi connectivity index (χ0) is 13.8. The SMILES string of the molecule is CCCNC(c1cncc(F)c1)C(C)S(C)(=O)=O. The van der Waals surface area contributed by atoms with Gasteiger partial charge in [0.25, 0.3) is 0 Å². The van der Waals surface area contributed by atoms with Crippen LogP contribution in [0.25, 0.3) is 0 Å². The predicted molar refractivity (Wildman–Crippen MR) is 69.5 cm³/mol. The lowest BCUT2D eigenvalue weighted by Crippen LogP contribution is -2.35. The summed E-state index contributed by atoms with van der Waals surface area (Å²) in [5.41, 5.74) is 0.557. The van der Waals surface area contributed by atoms with Crippen molar-refractivity contribution in [3.63, 3.8) is 0 Å². The lowest BCUT2D eigenvalue weighted by Gasteiger charge is -2.24. The van der Waals surface area contributed by atoms with Crippen LogP contribution >= 0.6 is 0 Å². The van der Waals surface area contributed by atoms with Crippen LogP contribution in [0.3, 0.4) is 0 Å². The average Bonchev–Trinajstić information content (AvgIpc) is 2.28. The number of halogens is 1. The molecule has 1 aromatic heterocycles. The molecule has 0 bridgehead atoms. The van der Waals surface area contributed by atoms with Gasteiger partial charge in [-0.05, 0) is 31.5 Å². The monoisotopic (exact) mass is 274 g/mol. The Bertz CT molecular complexity index is 491.